The van der Waals surface area contributed by atoms with Crippen LogP contribution in [0.15, 0.2) is 54.6 Å². The first-order chi connectivity index (χ1) is 11.6. The van der Waals surface area contributed by atoms with Crippen molar-refractivity contribution in [2.45, 2.75) is 6.42 Å². The van der Waals surface area contributed by atoms with Crippen molar-refractivity contribution >= 4 is 23.4 Å². The molecule has 3 rings (SSSR count). The van der Waals surface area contributed by atoms with Gasteiger partial charge < -0.3 is 9.80 Å². The zero-order valence-corrected chi connectivity index (χ0v) is 14.1. The minimum atomic E-state index is -0.0356. The van der Waals surface area contributed by atoms with Crippen LogP contribution in [0.2, 0.25) is 5.02 Å². The number of halogens is 1. The van der Waals surface area contributed by atoms with Crippen molar-refractivity contribution in [1.29, 1.82) is 0 Å². The second kappa shape index (κ2) is 7.49. The van der Waals surface area contributed by atoms with E-state index in [4.69, 9.17) is 11.6 Å². The zero-order chi connectivity index (χ0) is 16.9. The molecule has 5 heteroatoms. The summed E-state index contributed by atoms with van der Waals surface area (Å²) < 4.78 is 0. The highest BCUT2D eigenvalue weighted by molar-refractivity contribution is 6.30. The Hall–Kier alpha value is -2.33. The van der Waals surface area contributed by atoms with E-state index in [0.717, 1.165) is 6.42 Å². The maximum atomic E-state index is 12.6. The molecule has 2 aromatic rings. The molecule has 1 saturated heterocycles. The highest BCUT2D eigenvalue weighted by Gasteiger charge is 2.23. The Bertz CT molecular complexity index is 733. The van der Waals surface area contributed by atoms with Gasteiger partial charge in [0.2, 0.25) is 0 Å². The highest BCUT2D eigenvalue weighted by atomic mass is 35.5. The van der Waals surface area contributed by atoms with Gasteiger partial charge in [0.15, 0.2) is 0 Å². The summed E-state index contributed by atoms with van der Waals surface area (Å²) in [4.78, 5) is 28.8. The summed E-state index contributed by atoms with van der Waals surface area (Å²) in [6.07, 6.45) is 0.769. The van der Waals surface area contributed by atoms with Crippen LogP contribution in [-0.2, 0) is 0 Å². The first kappa shape index (κ1) is 16.5. The zero-order valence-electron chi connectivity index (χ0n) is 13.3. The molecule has 2 aromatic carbocycles. The van der Waals surface area contributed by atoms with Crippen LogP contribution >= 0.6 is 11.6 Å². The maximum absolute atomic E-state index is 12.6. The van der Waals surface area contributed by atoms with Crippen LogP contribution in [-0.4, -0.2) is 47.8 Å². The van der Waals surface area contributed by atoms with Crippen LogP contribution in [0.25, 0.3) is 0 Å². The fourth-order valence-corrected chi connectivity index (χ4v) is 3.08. The molecule has 0 saturated carbocycles. The molecule has 0 aromatic heterocycles. The molecule has 0 aliphatic carbocycles. The number of nitrogens with zero attached hydrogens (tertiary/aromatic N) is 2. The summed E-state index contributed by atoms with van der Waals surface area (Å²) in [5.74, 6) is -0.0147. The van der Waals surface area contributed by atoms with Crippen molar-refractivity contribution in [2.75, 3.05) is 26.2 Å². The Kier molecular flexibility index (Phi) is 5.16. The summed E-state index contributed by atoms with van der Waals surface area (Å²) in [5, 5.41) is 0.552. The van der Waals surface area contributed by atoms with Crippen LogP contribution in [0, 0.1) is 0 Å². The largest absolute Gasteiger partial charge is 0.337 e. The first-order valence-corrected chi connectivity index (χ1v) is 8.42. The molecule has 2 amide bonds. The molecule has 0 bridgehead atoms. The van der Waals surface area contributed by atoms with E-state index >= 15 is 0 Å². The van der Waals surface area contributed by atoms with Gasteiger partial charge in [-0.3, -0.25) is 9.59 Å². The van der Waals surface area contributed by atoms with Crippen molar-refractivity contribution < 1.29 is 9.59 Å². The van der Waals surface area contributed by atoms with Gasteiger partial charge in [-0.25, -0.2) is 0 Å². The average Bonchev–Trinajstić information content (AvgIpc) is 2.87. The Balaban J connectivity index is 1.67. The molecule has 1 aliphatic heterocycles. The van der Waals surface area contributed by atoms with Crippen molar-refractivity contribution in [2.24, 2.45) is 0 Å². The number of carbonyl (C=O) groups is 2. The van der Waals surface area contributed by atoms with E-state index in [0.29, 0.717) is 42.3 Å². The van der Waals surface area contributed by atoms with Gasteiger partial charge in [0.05, 0.1) is 0 Å². The molecular formula is C19H19ClN2O2. The van der Waals surface area contributed by atoms with Crippen molar-refractivity contribution in [3.63, 3.8) is 0 Å². The van der Waals surface area contributed by atoms with Gasteiger partial charge in [0, 0.05) is 42.3 Å². The van der Waals surface area contributed by atoms with Crippen LogP contribution in [0.5, 0.6) is 0 Å². The molecule has 1 fully saturated rings. The van der Waals surface area contributed by atoms with E-state index in [1.807, 2.05) is 35.2 Å². The third-order valence-corrected chi connectivity index (χ3v) is 4.40. The summed E-state index contributed by atoms with van der Waals surface area (Å²) >= 11 is 5.97. The minimum Gasteiger partial charge on any atom is -0.337 e. The monoisotopic (exact) mass is 342 g/mol. The summed E-state index contributed by atoms with van der Waals surface area (Å²) in [6.45, 7) is 2.38. The fourth-order valence-electron chi connectivity index (χ4n) is 2.89. The third kappa shape index (κ3) is 3.77. The lowest BCUT2D eigenvalue weighted by atomic mass is 10.2. The standard InChI is InChI=1S/C19H19ClN2O2/c20-17-9-4-8-16(14-17)19(24)22-11-5-10-21(12-13-22)18(23)15-6-2-1-3-7-15/h1-4,6-9,14H,5,10-13H2. The van der Waals surface area contributed by atoms with Crippen LogP contribution in [0.3, 0.4) is 0 Å². The maximum Gasteiger partial charge on any atom is 0.253 e. The lowest BCUT2D eigenvalue weighted by Crippen LogP contribution is -2.37. The molecule has 124 valence electrons. The molecule has 24 heavy (non-hydrogen) atoms. The molecule has 0 unspecified atom stereocenters. The normalized spacial score (nSPS) is 15.0. The van der Waals surface area contributed by atoms with Gasteiger partial charge in [0.25, 0.3) is 11.8 Å². The van der Waals surface area contributed by atoms with Crippen LogP contribution in [0.1, 0.15) is 27.1 Å². The predicted octanol–water partition coefficient (Wildman–Crippen LogP) is 3.33. The Morgan fingerprint density at radius 2 is 1.33 bits per heavy atom. The first-order valence-electron chi connectivity index (χ1n) is 8.04. The van der Waals surface area contributed by atoms with Crippen LogP contribution in [0.4, 0.5) is 0 Å². The van der Waals surface area contributed by atoms with E-state index in [2.05, 4.69) is 0 Å². The third-order valence-electron chi connectivity index (χ3n) is 4.16. The summed E-state index contributed by atoms with van der Waals surface area (Å²) in [7, 11) is 0. The van der Waals surface area contributed by atoms with Gasteiger partial charge >= 0.3 is 0 Å². The number of rotatable bonds is 2. The van der Waals surface area contributed by atoms with Gasteiger partial charge in [0.1, 0.15) is 0 Å². The second-order valence-electron chi connectivity index (χ2n) is 5.81. The number of amides is 2. The fraction of sp³-hybridized carbons (Fsp3) is 0.263. The summed E-state index contributed by atoms with van der Waals surface area (Å²) in [6, 6.07) is 16.2. The molecule has 0 N–H and O–H groups in total. The Morgan fingerprint density at radius 1 is 0.750 bits per heavy atom. The van der Waals surface area contributed by atoms with Gasteiger partial charge in [-0.1, -0.05) is 35.9 Å². The van der Waals surface area contributed by atoms with E-state index in [1.54, 1.807) is 29.2 Å². The topological polar surface area (TPSA) is 40.6 Å². The van der Waals surface area contributed by atoms with E-state index in [-0.39, 0.29) is 11.8 Å². The molecule has 0 atom stereocenters. The smallest absolute Gasteiger partial charge is 0.253 e. The lowest BCUT2D eigenvalue weighted by molar-refractivity contribution is 0.0719. The van der Waals surface area contributed by atoms with E-state index < -0.39 is 0 Å². The molecule has 4 nitrogen and oxygen atoms in total. The lowest BCUT2D eigenvalue weighted by Gasteiger charge is -2.22. The quantitative estimate of drug-likeness (QED) is 0.840. The molecule has 1 aliphatic rings. The number of benzene rings is 2. The van der Waals surface area contributed by atoms with E-state index in [1.165, 1.54) is 0 Å². The second-order valence-corrected chi connectivity index (χ2v) is 6.25. The average molecular weight is 343 g/mol. The molecular weight excluding hydrogens is 324 g/mol. The van der Waals surface area contributed by atoms with Gasteiger partial charge in [-0.2, -0.15) is 0 Å². The van der Waals surface area contributed by atoms with E-state index in [9.17, 15) is 9.59 Å². The molecule has 0 radical (unpaired) electrons. The van der Waals surface area contributed by atoms with Crippen molar-refractivity contribution in [1.82, 2.24) is 9.80 Å². The predicted molar refractivity (Wildman–Crippen MR) is 94.3 cm³/mol. The molecule has 0 spiro atoms. The number of hydrogen-bond donors (Lipinski definition) is 0. The van der Waals surface area contributed by atoms with Gasteiger partial charge in [-0.15, -0.1) is 0 Å². The SMILES string of the molecule is O=C(c1ccccc1)N1CCCN(C(=O)c2cccc(Cl)c2)CC1. The molecule has 1 heterocycles. The summed E-state index contributed by atoms with van der Waals surface area (Å²) in [5.41, 5.74) is 1.28. The number of hydrogen-bond acceptors (Lipinski definition) is 2. The minimum absolute atomic E-state index is 0.0210. The Labute approximate surface area is 146 Å². The van der Waals surface area contributed by atoms with Crippen molar-refractivity contribution in [3.8, 4) is 0 Å². The number of carbonyl (C=O) groups excluding carboxylic acids is 2. The Morgan fingerprint density at radius 3 is 1.96 bits per heavy atom. The van der Waals surface area contributed by atoms with Crippen LogP contribution < -0.4 is 0 Å². The highest BCUT2D eigenvalue weighted by Crippen LogP contribution is 2.15. The van der Waals surface area contributed by atoms with Gasteiger partial charge in [-0.05, 0) is 36.8 Å². The van der Waals surface area contributed by atoms with Crippen molar-refractivity contribution in [3.05, 3.63) is 70.7 Å².